The van der Waals surface area contributed by atoms with E-state index in [2.05, 4.69) is 30.3 Å². The molecule has 1 unspecified atom stereocenters. The topological polar surface area (TPSA) is 89.0 Å². The fourth-order valence-electron chi connectivity index (χ4n) is 2.52. The molecule has 0 spiro atoms. The minimum Gasteiger partial charge on any atom is -0.465 e. The Morgan fingerprint density at radius 1 is 1.43 bits per heavy atom. The Hall–Kier alpha value is -2.06. The highest BCUT2D eigenvalue weighted by molar-refractivity contribution is 7.17. The van der Waals surface area contributed by atoms with Gasteiger partial charge in [0.25, 0.3) is 0 Å². The van der Waals surface area contributed by atoms with Crippen molar-refractivity contribution in [1.82, 2.24) is 20.3 Å². The highest BCUT2D eigenvalue weighted by Crippen LogP contribution is 2.25. The van der Waals surface area contributed by atoms with E-state index in [1.54, 1.807) is 0 Å². The van der Waals surface area contributed by atoms with E-state index >= 15 is 0 Å². The molecule has 23 heavy (non-hydrogen) atoms. The van der Waals surface area contributed by atoms with Gasteiger partial charge in [0.05, 0.1) is 19.3 Å². The van der Waals surface area contributed by atoms with Crippen LogP contribution in [0.1, 0.15) is 46.5 Å². The number of nitrogens with zero attached hydrogens (tertiary/aromatic N) is 3. The Balaban J connectivity index is 1.78. The number of carbonyl (C=O) groups is 1. The molecule has 1 aliphatic heterocycles. The van der Waals surface area contributed by atoms with Gasteiger partial charge in [-0.1, -0.05) is 17.8 Å². The van der Waals surface area contributed by atoms with E-state index in [0.29, 0.717) is 15.8 Å². The third-order valence-corrected chi connectivity index (χ3v) is 4.51. The van der Waals surface area contributed by atoms with Crippen molar-refractivity contribution >= 4 is 28.3 Å². The zero-order chi connectivity index (χ0) is 16.2. The second-order valence-corrected chi connectivity index (χ2v) is 6.43. The van der Waals surface area contributed by atoms with Crippen molar-refractivity contribution in [2.45, 2.75) is 32.2 Å². The van der Waals surface area contributed by atoms with Crippen molar-refractivity contribution < 1.29 is 9.53 Å². The van der Waals surface area contributed by atoms with Crippen LogP contribution in [0.15, 0.2) is 12.3 Å². The van der Waals surface area contributed by atoms with Crippen LogP contribution in [0.4, 0.5) is 10.9 Å². The van der Waals surface area contributed by atoms with Crippen LogP contribution in [0.5, 0.6) is 0 Å². The zero-order valence-corrected chi connectivity index (χ0v) is 13.9. The lowest BCUT2D eigenvalue weighted by atomic mass is 10.0. The van der Waals surface area contributed by atoms with Crippen molar-refractivity contribution in [3.05, 3.63) is 28.7 Å². The molecule has 0 radical (unpaired) electrons. The van der Waals surface area contributed by atoms with Gasteiger partial charge in [-0.2, -0.15) is 0 Å². The van der Waals surface area contributed by atoms with Crippen molar-refractivity contribution in [3.8, 4) is 0 Å². The monoisotopic (exact) mass is 333 g/mol. The number of hydrogen-bond donors (Lipinski definition) is 2. The van der Waals surface area contributed by atoms with Crippen LogP contribution in [-0.4, -0.2) is 34.6 Å². The summed E-state index contributed by atoms with van der Waals surface area (Å²) in [5.41, 5.74) is 0.898. The molecule has 1 atom stereocenters. The van der Waals surface area contributed by atoms with Crippen LogP contribution in [0.3, 0.4) is 0 Å². The molecule has 1 saturated heterocycles. The van der Waals surface area contributed by atoms with E-state index in [1.807, 2.05) is 13.0 Å². The quantitative estimate of drug-likeness (QED) is 0.831. The molecule has 7 nitrogen and oxygen atoms in total. The summed E-state index contributed by atoms with van der Waals surface area (Å²) < 4.78 is 4.69. The third-order valence-electron chi connectivity index (χ3n) is 3.62. The van der Waals surface area contributed by atoms with E-state index < -0.39 is 0 Å². The van der Waals surface area contributed by atoms with E-state index in [0.717, 1.165) is 24.5 Å². The van der Waals surface area contributed by atoms with Gasteiger partial charge in [-0.05, 0) is 26.3 Å². The highest BCUT2D eigenvalue weighted by Gasteiger charge is 2.19. The summed E-state index contributed by atoms with van der Waals surface area (Å²) in [4.78, 5) is 25.3. The molecule has 3 heterocycles. The summed E-state index contributed by atoms with van der Waals surface area (Å²) in [5.74, 6) is 1.10. The lowest BCUT2D eigenvalue weighted by Gasteiger charge is -2.22. The number of hydrogen-bond acceptors (Lipinski definition) is 8. The molecule has 2 aromatic heterocycles. The number of nitrogens with one attached hydrogen (secondary N) is 2. The molecule has 0 aliphatic carbocycles. The summed E-state index contributed by atoms with van der Waals surface area (Å²) in [6, 6.07) is 2.07. The van der Waals surface area contributed by atoms with Gasteiger partial charge in [-0.3, -0.25) is 0 Å². The first kappa shape index (κ1) is 15.8. The van der Waals surface area contributed by atoms with Crippen LogP contribution in [-0.2, 0) is 4.74 Å². The Labute approximate surface area is 138 Å². The summed E-state index contributed by atoms with van der Waals surface area (Å²) in [6.07, 6.45) is 4.93. The number of esters is 1. The minimum absolute atomic E-state index is 0.200. The normalized spacial score (nSPS) is 17.7. The fraction of sp³-hybridized carbons (Fsp3) is 0.467. The molecule has 2 N–H and O–H groups in total. The minimum atomic E-state index is -0.387. The molecule has 1 aliphatic rings. The number of thiazole rings is 1. The van der Waals surface area contributed by atoms with Gasteiger partial charge in [0.2, 0.25) is 0 Å². The molecule has 3 rings (SSSR count). The molecular weight excluding hydrogens is 314 g/mol. The van der Waals surface area contributed by atoms with E-state index in [-0.39, 0.29) is 12.0 Å². The van der Waals surface area contributed by atoms with Crippen molar-refractivity contribution in [1.29, 1.82) is 0 Å². The van der Waals surface area contributed by atoms with Crippen LogP contribution in [0, 0.1) is 6.92 Å². The lowest BCUT2D eigenvalue weighted by molar-refractivity contribution is 0.0606. The van der Waals surface area contributed by atoms with Gasteiger partial charge in [-0.15, -0.1) is 0 Å². The van der Waals surface area contributed by atoms with Crippen LogP contribution < -0.4 is 10.6 Å². The highest BCUT2D eigenvalue weighted by atomic mass is 32.1. The Kier molecular flexibility index (Phi) is 4.82. The van der Waals surface area contributed by atoms with Crippen LogP contribution in [0.25, 0.3) is 0 Å². The molecular formula is C15H19N5O2S. The third kappa shape index (κ3) is 3.83. The summed E-state index contributed by atoms with van der Waals surface area (Å²) in [5, 5.41) is 7.20. The summed E-state index contributed by atoms with van der Waals surface area (Å²) in [7, 11) is 1.35. The molecule has 122 valence electrons. The first-order valence-corrected chi connectivity index (χ1v) is 8.37. The number of aryl methyl sites for hydroxylation is 1. The fourth-order valence-corrected chi connectivity index (χ4v) is 3.26. The smallest absolute Gasteiger partial charge is 0.349 e. The second-order valence-electron chi connectivity index (χ2n) is 5.40. The first-order chi connectivity index (χ1) is 11.2. The average molecular weight is 333 g/mol. The molecule has 1 fully saturated rings. The molecule has 2 aromatic rings. The first-order valence-electron chi connectivity index (χ1n) is 7.56. The number of aromatic nitrogens is 3. The van der Waals surface area contributed by atoms with Gasteiger partial charge in [0.15, 0.2) is 5.13 Å². The number of rotatable bonds is 4. The maximum Gasteiger partial charge on any atom is 0.349 e. The van der Waals surface area contributed by atoms with E-state index in [4.69, 9.17) is 0 Å². The largest absolute Gasteiger partial charge is 0.465 e. The van der Waals surface area contributed by atoms with Crippen LogP contribution in [0.2, 0.25) is 0 Å². The number of carbonyl (C=O) groups excluding carboxylic acids is 1. The Morgan fingerprint density at radius 2 is 2.30 bits per heavy atom. The molecule has 0 saturated carbocycles. The van der Waals surface area contributed by atoms with Gasteiger partial charge < -0.3 is 15.4 Å². The molecule has 0 amide bonds. The number of ether oxygens (including phenoxy) is 1. The zero-order valence-electron chi connectivity index (χ0n) is 13.1. The van der Waals surface area contributed by atoms with Crippen molar-refractivity contribution in [2.24, 2.45) is 0 Å². The summed E-state index contributed by atoms with van der Waals surface area (Å²) in [6.45, 7) is 2.95. The standard InChI is InChI=1S/C15H19N5O2S/c1-9-7-12(19-13(18-9)10-5-3-4-6-16-10)20-15-17-8-11(23-15)14(21)22-2/h7-8,10,16H,3-6H2,1-2H3,(H,17,18,19,20). The van der Waals surface area contributed by atoms with Crippen LogP contribution >= 0.6 is 11.3 Å². The number of methoxy groups -OCH3 is 1. The number of piperidine rings is 1. The predicted octanol–water partition coefficient (Wildman–Crippen LogP) is 2.59. The molecule has 0 bridgehead atoms. The Bertz CT molecular complexity index is 697. The van der Waals surface area contributed by atoms with E-state index in [1.165, 1.54) is 37.5 Å². The van der Waals surface area contributed by atoms with Gasteiger partial charge in [-0.25, -0.2) is 19.7 Å². The maximum atomic E-state index is 11.5. The molecule has 8 heteroatoms. The van der Waals surface area contributed by atoms with Crippen molar-refractivity contribution in [2.75, 3.05) is 19.0 Å². The summed E-state index contributed by atoms with van der Waals surface area (Å²) >= 11 is 1.23. The predicted molar refractivity (Wildman–Crippen MR) is 88.1 cm³/mol. The SMILES string of the molecule is COC(=O)c1cnc(Nc2cc(C)nc(C3CCCCN3)n2)s1. The average Bonchev–Trinajstić information content (AvgIpc) is 3.03. The van der Waals surface area contributed by atoms with Gasteiger partial charge >= 0.3 is 5.97 Å². The van der Waals surface area contributed by atoms with Gasteiger partial charge in [0, 0.05) is 11.8 Å². The van der Waals surface area contributed by atoms with Gasteiger partial charge in [0.1, 0.15) is 16.5 Å². The van der Waals surface area contributed by atoms with E-state index in [9.17, 15) is 4.79 Å². The Morgan fingerprint density at radius 3 is 3.04 bits per heavy atom. The lowest BCUT2D eigenvalue weighted by Crippen LogP contribution is -2.28. The number of anilines is 2. The maximum absolute atomic E-state index is 11.5. The van der Waals surface area contributed by atoms with Crippen molar-refractivity contribution in [3.63, 3.8) is 0 Å². The second kappa shape index (κ2) is 7.01. The molecule has 0 aromatic carbocycles.